The summed E-state index contributed by atoms with van der Waals surface area (Å²) >= 11 is 0. The van der Waals surface area contributed by atoms with Gasteiger partial charge in [-0.15, -0.1) is 0 Å². The summed E-state index contributed by atoms with van der Waals surface area (Å²) < 4.78 is 13.3. The van der Waals surface area contributed by atoms with Crippen molar-refractivity contribution in [3.05, 3.63) is 35.1 Å². The summed E-state index contributed by atoms with van der Waals surface area (Å²) in [4.78, 5) is 0. The van der Waals surface area contributed by atoms with E-state index >= 15 is 0 Å². The molecule has 3 heteroatoms. The normalized spacial score (nSPS) is 20.7. The van der Waals surface area contributed by atoms with E-state index in [9.17, 15) is 4.39 Å². The molecule has 0 unspecified atom stereocenters. The average Bonchev–Trinajstić information content (AvgIpc) is 2.70. The molecule has 0 spiro atoms. The van der Waals surface area contributed by atoms with E-state index < -0.39 is 5.82 Å². The lowest BCUT2D eigenvalue weighted by Crippen LogP contribution is -2.14. The Balaban J connectivity index is 2.42. The molecule has 72 valence electrons. The molecule has 2 nitrogen and oxygen atoms in total. The van der Waals surface area contributed by atoms with Gasteiger partial charge in [0.25, 0.3) is 0 Å². The van der Waals surface area contributed by atoms with Gasteiger partial charge in [0.05, 0.1) is 5.56 Å². The first-order valence-electron chi connectivity index (χ1n) is 4.75. The Hall–Kier alpha value is -1.40. The number of nitrogens with one attached hydrogen (secondary N) is 1. The highest BCUT2D eigenvalue weighted by Gasteiger charge is 2.20. The fraction of sp³-hybridized carbons (Fsp3) is 0.364. The van der Waals surface area contributed by atoms with Crippen LogP contribution >= 0.6 is 0 Å². The summed E-state index contributed by atoms with van der Waals surface area (Å²) in [6.07, 6.45) is 2.07. The molecule has 1 aromatic carbocycles. The molecule has 14 heavy (non-hydrogen) atoms. The third-order valence-corrected chi connectivity index (χ3v) is 2.59. The van der Waals surface area contributed by atoms with Gasteiger partial charge in [0.15, 0.2) is 0 Å². The maximum Gasteiger partial charge on any atom is 0.141 e. The van der Waals surface area contributed by atoms with Gasteiger partial charge in [-0.25, -0.2) is 4.39 Å². The van der Waals surface area contributed by atoms with Gasteiger partial charge >= 0.3 is 0 Å². The zero-order valence-corrected chi connectivity index (χ0v) is 7.76. The van der Waals surface area contributed by atoms with E-state index in [-0.39, 0.29) is 11.6 Å². The van der Waals surface area contributed by atoms with Crippen LogP contribution in [0.25, 0.3) is 0 Å². The number of nitrogens with zero attached hydrogens (tertiary/aromatic N) is 1. The van der Waals surface area contributed by atoms with Crippen molar-refractivity contribution in [2.45, 2.75) is 18.9 Å². The van der Waals surface area contributed by atoms with Gasteiger partial charge < -0.3 is 5.32 Å². The number of hydrogen-bond donors (Lipinski definition) is 1. The second kappa shape index (κ2) is 3.77. The van der Waals surface area contributed by atoms with Crippen molar-refractivity contribution < 1.29 is 4.39 Å². The lowest BCUT2D eigenvalue weighted by molar-refractivity contribution is 0.601. The molecule has 1 aliphatic rings. The highest BCUT2D eigenvalue weighted by atomic mass is 19.1. The van der Waals surface area contributed by atoms with Crippen molar-refractivity contribution in [1.29, 1.82) is 5.26 Å². The zero-order chi connectivity index (χ0) is 9.97. The van der Waals surface area contributed by atoms with E-state index in [0.717, 1.165) is 24.9 Å². The third kappa shape index (κ3) is 1.49. The van der Waals surface area contributed by atoms with Crippen LogP contribution < -0.4 is 5.32 Å². The van der Waals surface area contributed by atoms with Gasteiger partial charge in [0.1, 0.15) is 11.9 Å². The van der Waals surface area contributed by atoms with E-state index in [1.807, 2.05) is 12.1 Å². The summed E-state index contributed by atoms with van der Waals surface area (Å²) in [6, 6.07) is 6.89. The van der Waals surface area contributed by atoms with Crippen molar-refractivity contribution in [3.8, 4) is 6.07 Å². The maximum atomic E-state index is 13.3. The smallest absolute Gasteiger partial charge is 0.141 e. The Morgan fingerprint density at radius 3 is 3.00 bits per heavy atom. The zero-order valence-electron chi connectivity index (χ0n) is 7.76. The third-order valence-electron chi connectivity index (χ3n) is 2.59. The molecule has 0 amide bonds. The fourth-order valence-electron chi connectivity index (χ4n) is 1.90. The van der Waals surface area contributed by atoms with Crippen LogP contribution in [0.1, 0.15) is 30.0 Å². The second-order valence-electron chi connectivity index (χ2n) is 3.46. The molecule has 2 rings (SSSR count). The molecule has 1 fully saturated rings. The van der Waals surface area contributed by atoms with Crippen molar-refractivity contribution in [2.24, 2.45) is 0 Å². The minimum atomic E-state index is -0.418. The number of halogens is 1. The van der Waals surface area contributed by atoms with Gasteiger partial charge in [-0.2, -0.15) is 5.26 Å². The topological polar surface area (TPSA) is 35.8 Å². The van der Waals surface area contributed by atoms with Crippen LogP contribution in [-0.4, -0.2) is 6.54 Å². The minimum Gasteiger partial charge on any atom is -0.310 e. The van der Waals surface area contributed by atoms with E-state index in [4.69, 9.17) is 5.26 Å². The van der Waals surface area contributed by atoms with Gasteiger partial charge in [-0.05, 0) is 31.0 Å². The molecule has 0 radical (unpaired) electrons. The predicted molar refractivity (Wildman–Crippen MR) is 51.1 cm³/mol. The first-order valence-corrected chi connectivity index (χ1v) is 4.75. The molecule has 1 atom stereocenters. The Morgan fingerprint density at radius 1 is 1.50 bits per heavy atom. The predicted octanol–water partition coefficient (Wildman–Crippen LogP) is 2.12. The average molecular weight is 190 g/mol. The number of nitriles is 1. The molecule has 0 saturated carbocycles. The van der Waals surface area contributed by atoms with Gasteiger partial charge in [0.2, 0.25) is 0 Å². The lowest BCUT2D eigenvalue weighted by atomic mass is 9.99. The summed E-state index contributed by atoms with van der Waals surface area (Å²) in [6.45, 7) is 0.950. The molecule has 1 saturated heterocycles. The Kier molecular flexibility index (Phi) is 2.47. The second-order valence-corrected chi connectivity index (χ2v) is 3.46. The summed E-state index contributed by atoms with van der Waals surface area (Å²) in [5, 5.41) is 12.1. The van der Waals surface area contributed by atoms with Crippen molar-refractivity contribution >= 4 is 0 Å². The van der Waals surface area contributed by atoms with E-state index in [0.29, 0.717) is 0 Å². The minimum absolute atomic E-state index is 0.153. The molecule has 0 aromatic heterocycles. The summed E-state index contributed by atoms with van der Waals surface area (Å²) in [5.41, 5.74) is 0.983. The molecule has 1 aromatic rings. The van der Waals surface area contributed by atoms with Crippen molar-refractivity contribution in [2.75, 3.05) is 6.54 Å². The van der Waals surface area contributed by atoms with Crippen LogP contribution in [0.15, 0.2) is 18.2 Å². The quantitative estimate of drug-likeness (QED) is 0.736. The van der Waals surface area contributed by atoms with Crippen LogP contribution in [0, 0.1) is 17.1 Å². The molecule has 1 aliphatic heterocycles. The van der Waals surface area contributed by atoms with Crippen molar-refractivity contribution in [1.82, 2.24) is 5.32 Å². The van der Waals surface area contributed by atoms with Gasteiger partial charge in [0, 0.05) is 6.04 Å². The SMILES string of the molecule is N#Cc1c(F)cccc1[C@@H]1CCCN1. The standard InChI is InChI=1S/C11H11FN2/c12-10-4-1-3-8(9(10)7-13)11-5-2-6-14-11/h1,3-4,11,14H,2,5-6H2/t11-/m0/s1. The fourth-order valence-corrected chi connectivity index (χ4v) is 1.90. The Morgan fingerprint density at radius 2 is 2.36 bits per heavy atom. The van der Waals surface area contributed by atoms with Crippen LogP contribution in [0.5, 0.6) is 0 Å². The molecular formula is C11H11FN2. The monoisotopic (exact) mass is 190 g/mol. The van der Waals surface area contributed by atoms with E-state index in [1.165, 1.54) is 6.07 Å². The highest BCUT2D eigenvalue weighted by molar-refractivity contribution is 5.41. The Bertz CT molecular complexity index is 375. The van der Waals surface area contributed by atoms with Crippen LogP contribution in [0.2, 0.25) is 0 Å². The number of hydrogen-bond acceptors (Lipinski definition) is 2. The highest BCUT2D eigenvalue weighted by Crippen LogP contribution is 2.26. The molecule has 0 aliphatic carbocycles. The van der Waals surface area contributed by atoms with Gasteiger partial charge in [-0.3, -0.25) is 0 Å². The van der Waals surface area contributed by atoms with E-state index in [2.05, 4.69) is 5.32 Å². The summed E-state index contributed by atoms with van der Waals surface area (Å²) in [7, 11) is 0. The van der Waals surface area contributed by atoms with Gasteiger partial charge in [-0.1, -0.05) is 12.1 Å². The largest absolute Gasteiger partial charge is 0.310 e. The molecule has 1 N–H and O–H groups in total. The number of benzene rings is 1. The van der Waals surface area contributed by atoms with Crippen molar-refractivity contribution in [3.63, 3.8) is 0 Å². The molecule has 1 heterocycles. The first-order chi connectivity index (χ1) is 6.83. The molecular weight excluding hydrogens is 179 g/mol. The van der Waals surface area contributed by atoms with E-state index in [1.54, 1.807) is 6.07 Å². The Labute approximate surface area is 82.4 Å². The lowest BCUT2D eigenvalue weighted by Gasteiger charge is -2.12. The summed E-state index contributed by atoms with van der Waals surface area (Å²) in [5.74, 6) is -0.418. The first kappa shape index (κ1) is 9.17. The maximum absolute atomic E-state index is 13.3. The number of rotatable bonds is 1. The van der Waals surface area contributed by atoms with Crippen LogP contribution in [0.3, 0.4) is 0 Å². The van der Waals surface area contributed by atoms with Crippen LogP contribution in [0.4, 0.5) is 4.39 Å². The molecule has 0 bridgehead atoms. The van der Waals surface area contributed by atoms with Crippen LogP contribution in [-0.2, 0) is 0 Å².